The number of sulfone groups is 1. The lowest BCUT2D eigenvalue weighted by atomic mass is 10.1. The van der Waals surface area contributed by atoms with Crippen molar-refractivity contribution in [3.8, 4) is 5.75 Å². The van der Waals surface area contributed by atoms with Crippen molar-refractivity contribution in [2.24, 2.45) is 0 Å². The molecule has 1 aromatic rings. The number of rotatable bonds is 7. The van der Waals surface area contributed by atoms with Crippen molar-refractivity contribution in [3.63, 3.8) is 0 Å². The molecule has 27 heavy (non-hydrogen) atoms. The Kier molecular flexibility index (Phi) is 6.89. The molecule has 9 heteroatoms. The van der Waals surface area contributed by atoms with E-state index in [1.54, 1.807) is 18.2 Å². The highest BCUT2D eigenvalue weighted by atomic mass is 35.5. The van der Waals surface area contributed by atoms with E-state index in [4.69, 9.17) is 27.9 Å². The van der Waals surface area contributed by atoms with Crippen molar-refractivity contribution in [2.45, 2.75) is 37.8 Å². The molecule has 0 spiro atoms. The minimum Gasteiger partial charge on any atom is -0.492 e. The van der Waals surface area contributed by atoms with Crippen molar-refractivity contribution in [2.75, 3.05) is 31.2 Å². The number of ether oxygens (including phenoxy) is 1. The van der Waals surface area contributed by atoms with E-state index < -0.39 is 9.84 Å². The van der Waals surface area contributed by atoms with Crippen molar-refractivity contribution in [3.05, 3.63) is 28.2 Å². The standard InChI is InChI=1S/C18H24Cl2N2O4S/c19-13-5-3-6-16(18(13)20)26-10-4-7-17(23)21-14-11-27(24,25)12-15(14)22-8-1-2-9-22/h3,5-6,14-15H,1-2,4,7-12H2,(H,21,23). The monoisotopic (exact) mass is 434 g/mol. The highest BCUT2D eigenvalue weighted by Crippen LogP contribution is 2.31. The Morgan fingerprint density at radius 2 is 1.96 bits per heavy atom. The predicted octanol–water partition coefficient (Wildman–Crippen LogP) is 2.53. The van der Waals surface area contributed by atoms with Crippen molar-refractivity contribution in [1.82, 2.24) is 10.2 Å². The third-order valence-electron chi connectivity index (χ3n) is 5.00. The smallest absolute Gasteiger partial charge is 0.220 e. The lowest BCUT2D eigenvalue weighted by Gasteiger charge is -2.28. The highest BCUT2D eigenvalue weighted by molar-refractivity contribution is 7.91. The first-order valence-corrected chi connectivity index (χ1v) is 11.7. The van der Waals surface area contributed by atoms with E-state index in [9.17, 15) is 13.2 Å². The van der Waals surface area contributed by atoms with Crippen LogP contribution in [-0.4, -0.2) is 62.5 Å². The molecule has 0 saturated carbocycles. The summed E-state index contributed by atoms with van der Waals surface area (Å²) in [7, 11) is -3.11. The van der Waals surface area contributed by atoms with Crippen LogP contribution in [-0.2, 0) is 14.6 Å². The summed E-state index contributed by atoms with van der Waals surface area (Å²) in [6.07, 6.45) is 2.94. The summed E-state index contributed by atoms with van der Waals surface area (Å²) < 4.78 is 29.7. The van der Waals surface area contributed by atoms with Gasteiger partial charge in [0, 0.05) is 12.5 Å². The van der Waals surface area contributed by atoms with Gasteiger partial charge >= 0.3 is 0 Å². The Hall–Kier alpha value is -1.02. The maximum atomic E-state index is 12.3. The molecule has 2 fully saturated rings. The lowest BCUT2D eigenvalue weighted by Crippen LogP contribution is -2.50. The SMILES string of the molecule is O=C(CCCOc1cccc(Cl)c1Cl)NC1CS(=O)(=O)CC1N1CCCC1. The van der Waals surface area contributed by atoms with Gasteiger partial charge in [-0.3, -0.25) is 9.69 Å². The van der Waals surface area contributed by atoms with Crippen LogP contribution >= 0.6 is 23.2 Å². The Morgan fingerprint density at radius 1 is 1.22 bits per heavy atom. The molecule has 2 atom stereocenters. The quantitative estimate of drug-likeness (QED) is 0.667. The minimum atomic E-state index is -3.11. The van der Waals surface area contributed by atoms with Crippen LogP contribution < -0.4 is 10.1 Å². The third kappa shape index (κ3) is 5.50. The van der Waals surface area contributed by atoms with Crippen LogP contribution in [0.1, 0.15) is 25.7 Å². The molecule has 0 aliphatic carbocycles. The number of carbonyl (C=O) groups is 1. The average Bonchev–Trinajstić information content (AvgIpc) is 3.22. The van der Waals surface area contributed by atoms with E-state index >= 15 is 0 Å². The molecular formula is C18H24Cl2N2O4S. The highest BCUT2D eigenvalue weighted by Gasteiger charge is 2.42. The first kappa shape index (κ1) is 20.7. The predicted molar refractivity (Wildman–Crippen MR) is 106 cm³/mol. The van der Waals surface area contributed by atoms with Gasteiger partial charge in [-0.1, -0.05) is 29.3 Å². The van der Waals surface area contributed by atoms with E-state index in [2.05, 4.69) is 10.2 Å². The number of halogens is 2. The number of hydrogen-bond acceptors (Lipinski definition) is 5. The van der Waals surface area contributed by atoms with Gasteiger partial charge in [0.15, 0.2) is 9.84 Å². The summed E-state index contributed by atoms with van der Waals surface area (Å²) in [5.41, 5.74) is 0. The fourth-order valence-corrected chi connectivity index (χ4v) is 5.99. The van der Waals surface area contributed by atoms with Gasteiger partial charge in [0.2, 0.25) is 5.91 Å². The molecular weight excluding hydrogens is 411 g/mol. The molecule has 2 aliphatic rings. The topological polar surface area (TPSA) is 75.7 Å². The van der Waals surface area contributed by atoms with E-state index in [0.29, 0.717) is 28.8 Å². The van der Waals surface area contributed by atoms with E-state index in [1.807, 2.05) is 0 Å². The number of likely N-dealkylation sites (tertiary alicyclic amines) is 1. The molecule has 6 nitrogen and oxygen atoms in total. The van der Waals surface area contributed by atoms with E-state index in [0.717, 1.165) is 25.9 Å². The number of nitrogens with one attached hydrogen (secondary N) is 1. The Bertz CT molecular complexity index is 782. The molecule has 2 aliphatic heterocycles. The first-order chi connectivity index (χ1) is 12.9. The fourth-order valence-electron chi connectivity index (χ4n) is 3.69. The lowest BCUT2D eigenvalue weighted by molar-refractivity contribution is -0.122. The second kappa shape index (κ2) is 8.99. The van der Waals surface area contributed by atoms with Crippen LogP contribution in [0.3, 0.4) is 0 Å². The number of carbonyl (C=O) groups excluding carboxylic acids is 1. The van der Waals surface area contributed by atoms with Crippen LogP contribution in [0.25, 0.3) is 0 Å². The van der Waals surface area contributed by atoms with E-state index in [1.165, 1.54) is 0 Å². The van der Waals surface area contributed by atoms with Gasteiger partial charge in [-0.2, -0.15) is 0 Å². The molecule has 0 aromatic heterocycles. The van der Waals surface area contributed by atoms with Crippen LogP contribution in [0, 0.1) is 0 Å². The first-order valence-electron chi connectivity index (χ1n) is 9.16. The molecule has 2 saturated heterocycles. The van der Waals surface area contributed by atoms with Crippen LogP contribution in [0.15, 0.2) is 18.2 Å². The largest absolute Gasteiger partial charge is 0.492 e. The summed E-state index contributed by atoms with van der Waals surface area (Å²) in [6.45, 7) is 2.13. The average molecular weight is 435 g/mol. The Morgan fingerprint density at radius 3 is 2.70 bits per heavy atom. The zero-order valence-electron chi connectivity index (χ0n) is 15.0. The zero-order valence-corrected chi connectivity index (χ0v) is 17.3. The molecule has 3 rings (SSSR count). The summed E-state index contributed by atoms with van der Waals surface area (Å²) >= 11 is 12.0. The summed E-state index contributed by atoms with van der Waals surface area (Å²) in [5, 5.41) is 3.69. The van der Waals surface area contributed by atoms with Gasteiger partial charge in [0.1, 0.15) is 10.8 Å². The number of amides is 1. The molecule has 0 bridgehead atoms. The van der Waals surface area contributed by atoms with E-state index in [-0.39, 0.29) is 35.9 Å². The van der Waals surface area contributed by atoms with Crippen molar-refractivity contribution < 1.29 is 17.9 Å². The maximum Gasteiger partial charge on any atom is 0.220 e. The third-order valence-corrected chi connectivity index (χ3v) is 7.52. The molecule has 0 radical (unpaired) electrons. The second-order valence-corrected chi connectivity index (χ2v) is 10.0. The van der Waals surface area contributed by atoms with Crippen molar-refractivity contribution in [1.29, 1.82) is 0 Å². The van der Waals surface area contributed by atoms with Crippen LogP contribution in [0.4, 0.5) is 0 Å². The van der Waals surface area contributed by atoms with Crippen LogP contribution in [0.5, 0.6) is 5.75 Å². The minimum absolute atomic E-state index is 0.0224. The molecule has 2 unspecified atom stereocenters. The molecule has 2 heterocycles. The number of benzene rings is 1. The molecule has 1 N–H and O–H groups in total. The number of nitrogens with zero attached hydrogens (tertiary/aromatic N) is 1. The van der Waals surface area contributed by atoms with Crippen molar-refractivity contribution >= 4 is 38.9 Å². The molecule has 150 valence electrons. The van der Waals surface area contributed by atoms with Gasteiger partial charge in [-0.25, -0.2) is 8.42 Å². The second-order valence-electron chi connectivity index (χ2n) is 7.07. The summed E-state index contributed by atoms with van der Waals surface area (Å²) in [4.78, 5) is 14.5. The van der Waals surface area contributed by atoms with Gasteiger partial charge in [0.25, 0.3) is 0 Å². The maximum absolute atomic E-state index is 12.3. The van der Waals surface area contributed by atoms with Gasteiger partial charge in [-0.15, -0.1) is 0 Å². The summed E-state index contributed by atoms with van der Waals surface area (Å²) in [6, 6.07) is 4.70. The normalized spacial score (nSPS) is 24.8. The number of hydrogen-bond donors (Lipinski definition) is 1. The molecule has 1 aromatic carbocycles. The fraction of sp³-hybridized carbons (Fsp3) is 0.611. The Balaban J connectivity index is 1.46. The van der Waals surface area contributed by atoms with Crippen LogP contribution in [0.2, 0.25) is 10.0 Å². The van der Waals surface area contributed by atoms with Gasteiger partial charge in [0.05, 0.1) is 29.2 Å². The molecule has 1 amide bonds. The van der Waals surface area contributed by atoms with Gasteiger partial charge in [-0.05, 0) is 44.5 Å². The zero-order chi connectivity index (χ0) is 19.4. The summed E-state index contributed by atoms with van der Waals surface area (Å²) in [5.74, 6) is 0.491. The van der Waals surface area contributed by atoms with Gasteiger partial charge < -0.3 is 10.1 Å². The Labute approximate surface area is 170 Å².